The summed E-state index contributed by atoms with van der Waals surface area (Å²) in [6.07, 6.45) is 1.41. The number of fused-ring (bicyclic) bond motifs is 1. The van der Waals surface area contributed by atoms with Crippen LogP contribution in [0.1, 0.15) is 44.4 Å². The van der Waals surface area contributed by atoms with Crippen LogP contribution in [0, 0.1) is 0 Å². The van der Waals surface area contributed by atoms with Crippen molar-refractivity contribution in [2.45, 2.75) is 51.4 Å². The van der Waals surface area contributed by atoms with E-state index in [-0.39, 0.29) is 24.9 Å². The van der Waals surface area contributed by atoms with E-state index >= 15 is 0 Å². The van der Waals surface area contributed by atoms with E-state index in [0.717, 1.165) is 18.7 Å². The lowest BCUT2D eigenvalue weighted by Gasteiger charge is -2.22. The van der Waals surface area contributed by atoms with Crippen molar-refractivity contribution in [2.75, 3.05) is 18.0 Å². The van der Waals surface area contributed by atoms with E-state index in [1.54, 1.807) is 4.90 Å². The van der Waals surface area contributed by atoms with Crippen LogP contribution in [-0.2, 0) is 18.3 Å². The summed E-state index contributed by atoms with van der Waals surface area (Å²) in [5.74, 6) is -0.738. The number of alkyl halides is 2. The van der Waals surface area contributed by atoms with Gasteiger partial charge in [-0.25, -0.2) is 23.7 Å². The Morgan fingerprint density at radius 3 is 2.46 bits per heavy atom. The molecule has 0 aliphatic carbocycles. The van der Waals surface area contributed by atoms with Gasteiger partial charge in [0.2, 0.25) is 0 Å². The van der Waals surface area contributed by atoms with Crippen LogP contribution in [0.2, 0.25) is 0 Å². The number of rotatable bonds is 4. The largest absolute Gasteiger partial charge is 0.348 e. The minimum absolute atomic E-state index is 0.154. The maximum atomic E-state index is 13.8. The zero-order chi connectivity index (χ0) is 19.9. The number of nitrogens with zero attached hydrogens (tertiary/aromatic N) is 4. The molecule has 28 heavy (non-hydrogen) atoms. The SMILES string of the molecule is CC(C)(C)c1nc(N2CCC(F)(F)C2)c2[nH]c(CCc3ccccc3)nc2n1. The van der Waals surface area contributed by atoms with Gasteiger partial charge in [0, 0.05) is 24.8 Å². The van der Waals surface area contributed by atoms with Gasteiger partial charge < -0.3 is 9.88 Å². The molecule has 0 unspecified atom stereocenters. The lowest BCUT2D eigenvalue weighted by Crippen LogP contribution is -2.27. The fourth-order valence-electron chi connectivity index (χ4n) is 3.44. The first kappa shape index (κ1) is 18.8. The molecule has 0 spiro atoms. The van der Waals surface area contributed by atoms with E-state index in [1.165, 1.54) is 5.56 Å². The number of aromatic nitrogens is 4. The zero-order valence-electron chi connectivity index (χ0n) is 16.5. The van der Waals surface area contributed by atoms with Crippen LogP contribution in [0.3, 0.4) is 0 Å². The number of anilines is 1. The Bertz CT molecular complexity index is 976. The molecule has 148 valence electrons. The van der Waals surface area contributed by atoms with Gasteiger partial charge in [0.15, 0.2) is 11.5 Å². The van der Waals surface area contributed by atoms with E-state index in [1.807, 2.05) is 39.0 Å². The van der Waals surface area contributed by atoms with Gasteiger partial charge in [0.25, 0.3) is 5.92 Å². The summed E-state index contributed by atoms with van der Waals surface area (Å²) in [4.78, 5) is 18.9. The van der Waals surface area contributed by atoms with Crippen molar-refractivity contribution >= 4 is 17.0 Å². The van der Waals surface area contributed by atoms with E-state index in [2.05, 4.69) is 32.1 Å². The smallest absolute Gasteiger partial charge is 0.266 e. The number of hydrogen-bond donors (Lipinski definition) is 1. The molecular formula is C21H25F2N5. The maximum absolute atomic E-state index is 13.8. The third-order valence-corrected chi connectivity index (χ3v) is 5.01. The monoisotopic (exact) mass is 385 g/mol. The molecule has 0 saturated carbocycles. The van der Waals surface area contributed by atoms with Gasteiger partial charge in [0.05, 0.1) is 6.54 Å². The van der Waals surface area contributed by atoms with Crippen molar-refractivity contribution in [1.29, 1.82) is 0 Å². The summed E-state index contributed by atoms with van der Waals surface area (Å²) in [5.41, 5.74) is 2.12. The van der Waals surface area contributed by atoms with Crippen molar-refractivity contribution in [2.24, 2.45) is 0 Å². The molecule has 1 saturated heterocycles. The van der Waals surface area contributed by atoms with Crippen molar-refractivity contribution in [3.63, 3.8) is 0 Å². The molecule has 0 atom stereocenters. The van der Waals surface area contributed by atoms with Crippen LogP contribution in [0.4, 0.5) is 14.6 Å². The van der Waals surface area contributed by atoms with Gasteiger partial charge in [0.1, 0.15) is 17.2 Å². The first-order chi connectivity index (χ1) is 13.2. The molecule has 1 aromatic carbocycles. The van der Waals surface area contributed by atoms with Gasteiger partial charge in [-0.1, -0.05) is 51.1 Å². The summed E-state index contributed by atoms with van der Waals surface area (Å²) in [6.45, 7) is 6.00. The molecule has 0 radical (unpaired) electrons. The minimum atomic E-state index is -2.69. The number of halogens is 2. The highest BCUT2D eigenvalue weighted by atomic mass is 19.3. The molecule has 1 fully saturated rings. The number of aryl methyl sites for hydroxylation is 2. The Labute approximate surface area is 163 Å². The van der Waals surface area contributed by atoms with Crippen LogP contribution >= 0.6 is 0 Å². The molecule has 1 N–H and O–H groups in total. The van der Waals surface area contributed by atoms with E-state index in [4.69, 9.17) is 0 Å². The number of aromatic amines is 1. The molecule has 3 aromatic rings. The van der Waals surface area contributed by atoms with Gasteiger partial charge in [-0.3, -0.25) is 0 Å². The fourth-order valence-corrected chi connectivity index (χ4v) is 3.44. The number of imidazole rings is 1. The Morgan fingerprint density at radius 2 is 1.82 bits per heavy atom. The average Bonchev–Trinajstić information content (AvgIpc) is 3.21. The molecule has 4 rings (SSSR count). The second kappa shape index (κ2) is 6.79. The van der Waals surface area contributed by atoms with Gasteiger partial charge >= 0.3 is 0 Å². The topological polar surface area (TPSA) is 57.7 Å². The quantitative estimate of drug-likeness (QED) is 0.728. The first-order valence-corrected chi connectivity index (χ1v) is 9.65. The molecule has 7 heteroatoms. The Hall–Kier alpha value is -2.57. The van der Waals surface area contributed by atoms with Crippen LogP contribution < -0.4 is 4.90 Å². The lowest BCUT2D eigenvalue weighted by atomic mass is 9.96. The molecule has 2 aromatic heterocycles. The number of hydrogen-bond acceptors (Lipinski definition) is 4. The predicted molar refractivity (Wildman–Crippen MR) is 106 cm³/mol. The number of H-pyrrole nitrogens is 1. The van der Waals surface area contributed by atoms with Crippen molar-refractivity contribution in [1.82, 2.24) is 19.9 Å². The van der Waals surface area contributed by atoms with Crippen LogP contribution in [0.15, 0.2) is 30.3 Å². The van der Waals surface area contributed by atoms with Crippen molar-refractivity contribution in [3.8, 4) is 0 Å². The Morgan fingerprint density at radius 1 is 1.07 bits per heavy atom. The first-order valence-electron chi connectivity index (χ1n) is 9.65. The minimum Gasteiger partial charge on any atom is -0.348 e. The van der Waals surface area contributed by atoms with E-state index in [9.17, 15) is 8.78 Å². The fraction of sp³-hybridized carbons (Fsp3) is 0.476. The van der Waals surface area contributed by atoms with Crippen LogP contribution in [-0.4, -0.2) is 38.9 Å². The van der Waals surface area contributed by atoms with Crippen LogP contribution in [0.5, 0.6) is 0 Å². The van der Waals surface area contributed by atoms with Crippen LogP contribution in [0.25, 0.3) is 11.2 Å². The normalized spacial score (nSPS) is 16.8. The Kier molecular flexibility index (Phi) is 4.56. The third-order valence-electron chi connectivity index (χ3n) is 5.01. The molecular weight excluding hydrogens is 360 g/mol. The molecule has 0 bridgehead atoms. The molecule has 1 aliphatic rings. The second-order valence-corrected chi connectivity index (χ2v) is 8.52. The third kappa shape index (κ3) is 3.84. The average molecular weight is 385 g/mol. The van der Waals surface area contributed by atoms with Crippen molar-refractivity contribution in [3.05, 3.63) is 47.5 Å². The number of nitrogens with one attached hydrogen (secondary N) is 1. The highest BCUT2D eigenvalue weighted by Crippen LogP contribution is 2.34. The van der Waals surface area contributed by atoms with Gasteiger partial charge in [-0.2, -0.15) is 0 Å². The molecule has 0 amide bonds. The second-order valence-electron chi connectivity index (χ2n) is 8.52. The highest BCUT2D eigenvalue weighted by molar-refractivity contribution is 5.84. The summed E-state index contributed by atoms with van der Waals surface area (Å²) in [5, 5.41) is 0. The highest BCUT2D eigenvalue weighted by Gasteiger charge is 2.40. The van der Waals surface area contributed by atoms with E-state index in [0.29, 0.717) is 22.8 Å². The van der Waals surface area contributed by atoms with Gasteiger partial charge in [-0.05, 0) is 12.0 Å². The lowest BCUT2D eigenvalue weighted by molar-refractivity contribution is 0.0257. The predicted octanol–water partition coefficient (Wildman–Crippen LogP) is 4.28. The summed E-state index contributed by atoms with van der Waals surface area (Å²) in [6, 6.07) is 10.2. The summed E-state index contributed by atoms with van der Waals surface area (Å²) < 4.78 is 27.6. The summed E-state index contributed by atoms with van der Waals surface area (Å²) >= 11 is 0. The zero-order valence-corrected chi connectivity index (χ0v) is 16.5. The molecule has 1 aliphatic heterocycles. The van der Waals surface area contributed by atoms with Gasteiger partial charge in [-0.15, -0.1) is 0 Å². The molecule has 5 nitrogen and oxygen atoms in total. The van der Waals surface area contributed by atoms with Crippen molar-refractivity contribution < 1.29 is 8.78 Å². The molecule has 3 heterocycles. The summed E-state index contributed by atoms with van der Waals surface area (Å²) in [7, 11) is 0. The maximum Gasteiger partial charge on any atom is 0.266 e. The van der Waals surface area contributed by atoms with E-state index < -0.39 is 5.92 Å². The number of benzene rings is 1. The Balaban J connectivity index is 1.70. The standard InChI is InChI=1S/C21H25F2N5/c1-20(2,3)19-26-17-16(18(27-19)28-12-11-21(22,23)13-28)24-15(25-17)10-9-14-7-5-4-6-8-14/h4-8H,9-13H2,1-3H3,(H,24,25,26,27).